The van der Waals surface area contributed by atoms with E-state index < -0.39 is 122 Å². The number of hydrogen-bond acceptors (Lipinski definition) is 1. The third-order valence-electron chi connectivity index (χ3n) is 6.97. The van der Waals surface area contributed by atoms with Gasteiger partial charge in [-0.3, -0.25) is 0 Å². The van der Waals surface area contributed by atoms with Gasteiger partial charge in [0.05, 0.1) is 5.60 Å². The van der Waals surface area contributed by atoms with Crippen LogP contribution in [0, 0.1) is 0 Å². The van der Waals surface area contributed by atoms with Crippen molar-refractivity contribution in [2.24, 2.45) is 0 Å². The number of rotatable bonds is 14. The van der Waals surface area contributed by atoms with E-state index in [2.05, 4.69) is 4.74 Å². The zero-order chi connectivity index (χ0) is 38.2. The van der Waals surface area contributed by atoms with Gasteiger partial charge < -0.3 is 4.74 Å². The van der Waals surface area contributed by atoms with Crippen LogP contribution < -0.4 is 0 Å². The largest absolute Gasteiger partial charge is 0.460 e. The number of halogens is 26. The van der Waals surface area contributed by atoms with E-state index in [9.17, 15) is 114 Å². The maximum absolute atomic E-state index is 14.1. The van der Waals surface area contributed by atoms with Gasteiger partial charge in [0.25, 0.3) is 0 Å². The van der Waals surface area contributed by atoms with Gasteiger partial charge in [-0.15, -0.1) is 0 Å². The quantitative estimate of drug-likeness (QED) is 0.160. The van der Waals surface area contributed by atoms with E-state index in [4.69, 9.17) is 0 Å². The Bertz CT molecular complexity index is 1010. The van der Waals surface area contributed by atoms with E-state index >= 15 is 0 Å². The molecule has 47 heavy (non-hydrogen) atoms. The topological polar surface area (TPSA) is 9.23 Å². The minimum Gasteiger partial charge on any atom is -0.375 e. The highest BCUT2D eigenvalue weighted by atomic mass is 19.4. The Balaban J connectivity index is 3.40. The zero-order valence-electron chi connectivity index (χ0n) is 21.7. The molecule has 0 aromatic carbocycles. The molecule has 1 rings (SSSR count). The molecule has 0 saturated carbocycles. The van der Waals surface area contributed by atoms with Crippen LogP contribution in [0.5, 0.6) is 0 Å². The molecule has 1 aliphatic heterocycles. The molecule has 1 nitrogen and oxygen atoms in total. The summed E-state index contributed by atoms with van der Waals surface area (Å²) in [6.07, 6.45) is -28.1. The maximum Gasteiger partial charge on any atom is 0.460 e. The second-order valence-electron chi connectivity index (χ2n) is 10.1. The number of ether oxygens (including phenoxy) is 1. The summed E-state index contributed by atoms with van der Waals surface area (Å²) in [4.78, 5) is 0. The van der Waals surface area contributed by atoms with Gasteiger partial charge in [-0.05, 0) is 25.7 Å². The maximum atomic E-state index is 14.1. The average molecular weight is 764 g/mol. The van der Waals surface area contributed by atoms with Crippen molar-refractivity contribution < 1.29 is 119 Å². The molecule has 0 N–H and O–H groups in total. The molecule has 0 bridgehead atoms. The zero-order valence-corrected chi connectivity index (χ0v) is 21.7. The van der Waals surface area contributed by atoms with Crippen molar-refractivity contribution >= 4 is 0 Å². The van der Waals surface area contributed by atoms with Crippen LogP contribution in [0.25, 0.3) is 0 Å². The summed E-state index contributed by atoms with van der Waals surface area (Å²) in [7, 11) is 0. The predicted molar refractivity (Wildman–Crippen MR) is 98.0 cm³/mol. The Labute approximate surface area is 242 Å². The average Bonchev–Trinajstić information content (AvgIpc) is 3.33. The van der Waals surface area contributed by atoms with Crippen molar-refractivity contribution in [1.29, 1.82) is 0 Å². The van der Waals surface area contributed by atoms with E-state index in [-0.39, 0.29) is 0 Å². The number of hydrogen-bond donors (Lipinski definition) is 0. The van der Waals surface area contributed by atoms with Crippen LogP contribution in [0.3, 0.4) is 0 Å². The van der Waals surface area contributed by atoms with Crippen molar-refractivity contribution in [2.45, 2.75) is 116 Å². The monoisotopic (exact) mass is 764 g/mol. The highest BCUT2D eigenvalue weighted by molar-refractivity contribution is 5.12. The first kappa shape index (κ1) is 43.2. The number of alkyl halides is 26. The Morgan fingerprint density at radius 3 is 0.830 bits per heavy atom. The summed E-state index contributed by atoms with van der Waals surface area (Å²) < 4.78 is 349. The first-order valence-electron chi connectivity index (χ1n) is 11.7. The van der Waals surface area contributed by atoms with Crippen LogP contribution in [0.2, 0.25) is 0 Å². The molecule has 1 saturated heterocycles. The molecule has 0 aliphatic carbocycles. The Morgan fingerprint density at radius 2 is 0.617 bits per heavy atom. The van der Waals surface area contributed by atoms with Gasteiger partial charge in [-0.2, -0.15) is 114 Å². The summed E-state index contributed by atoms with van der Waals surface area (Å²) in [5.74, 6) is -79.0. The molecule has 1 aliphatic rings. The lowest BCUT2D eigenvalue weighted by molar-refractivity contribution is -0.440. The molecule has 0 atom stereocenters. The van der Waals surface area contributed by atoms with Crippen LogP contribution in [0.4, 0.5) is 114 Å². The molecule has 1 heterocycles. The summed E-state index contributed by atoms with van der Waals surface area (Å²) in [6.45, 7) is -0.929. The fraction of sp³-hybridized carbons (Fsp3) is 1.00. The van der Waals surface area contributed by atoms with Crippen LogP contribution >= 0.6 is 0 Å². The van der Waals surface area contributed by atoms with Crippen molar-refractivity contribution in [3.63, 3.8) is 0 Å². The van der Waals surface area contributed by atoms with Crippen LogP contribution in [0.15, 0.2) is 0 Å². The molecular weight excluding hydrogens is 750 g/mol. The molecule has 0 amide bonds. The van der Waals surface area contributed by atoms with Gasteiger partial charge in [0.1, 0.15) is 0 Å². The van der Waals surface area contributed by atoms with E-state index in [1.54, 1.807) is 0 Å². The van der Waals surface area contributed by atoms with Gasteiger partial charge in [0, 0.05) is 19.4 Å². The highest BCUT2D eigenvalue weighted by Gasteiger charge is 2.92. The van der Waals surface area contributed by atoms with Crippen molar-refractivity contribution in [2.75, 3.05) is 6.61 Å². The molecule has 0 spiro atoms. The van der Waals surface area contributed by atoms with Crippen LogP contribution in [0.1, 0.15) is 38.5 Å². The second kappa shape index (κ2) is 11.6. The normalized spacial score (nSPS) is 19.0. The van der Waals surface area contributed by atoms with Gasteiger partial charge in [0.15, 0.2) is 0 Å². The predicted octanol–water partition coefficient (Wildman–Crippen LogP) is 10.6. The van der Waals surface area contributed by atoms with Crippen molar-refractivity contribution in [1.82, 2.24) is 0 Å². The summed E-state index contributed by atoms with van der Waals surface area (Å²) in [5.41, 5.74) is -3.15. The molecule has 282 valence electrons. The smallest absolute Gasteiger partial charge is 0.375 e. The second-order valence-corrected chi connectivity index (χ2v) is 10.1. The molecule has 0 aromatic rings. The minimum atomic E-state index is -8.34. The lowest BCUT2D eigenvalue weighted by atomic mass is 9.83. The van der Waals surface area contributed by atoms with E-state index in [1.807, 2.05) is 0 Å². The molecule has 1 fully saturated rings. The van der Waals surface area contributed by atoms with Crippen LogP contribution in [-0.4, -0.2) is 83.8 Å². The first-order chi connectivity index (χ1) is 20.1. The molecule has 27 heteroatoms. The highest BCUT2D eigenvalue weighted by Crippen LogP contribution is 2.63. The van der Waals surface area contributed by atoms with Gasteiger partial charge in [-0.1, -0.05) is 0 Å². The van der Waals surface area contributed by atoms with E-state index in [0.717, 1.165) is 0 Å². The lowest BCUT2D eigenvalue weighted by Gasteiger charge is -2.41. The molecule has 0 aromatic heterocycles. The minimum absolute atomic E-state index is 0.651. The van der Waals surface area contributed by atoms with Crippen molar-refractivity contribution in [3.05, 3.63) is 0 Å². The van der Waals surface area contributed by atoms with Crippen LogP contribution in [-0.2, 0) is 4.74 Å². The third kappa shape index (κ3) is 6.35. The summed E-state index contributed by atoms with van der Waals surface area (Å²) in [6, 6.07) is 0. The van der Waals surface area contributed by atoms with E-state index in [0.29, 0.717) is 0 Å². The lowest BCUT2D eigenvalue weighted by Crippen LogP contribution is -2.70. The molecule has 0 radical (unpaired) electrons. The first-order valence-corrected chi connectivity index (χ1v) is 11.7. The Kier molecular flexibility index (Phi) is 10.7. The Morgan fingerprint density at radius 1 is 0.362 bits per heavy atom. The Hall–Kier alpha value is -1.86. The van der Waals surface area contributed by atoms with Crippen molar-refractivity contribution in [3.8, 4) is 0 Å². The van der Waals surface area contributed by atoms with Gasteiger partial charge in [0.2, 0.25) is 0 Å². The fourth-order valence-corrected chi connectivity index (χ4v) is 3.96. The van der Waals surface area contributed by atoms with E-state index in [1.165, 1.54) is 0 Å². The van der Waals surface area contributed by atoms with Gasteiger partial charge >= 0.3 is 71.6 Å². The molecule has 0 unspecified atom stereocenters. The molecular formula is C20H14F26O. The van der Waals surface area contributed by atoms with Gasteiger partial charge in [-0.25, -0.2) is 0 Å². The standard InChI is InChI=1S/C20H14F26O/c21-9(22,11(25,26)13(29,30)15(33,34)17(37,38)19(41,42)43)5-3-8(2-1-7-47-8)4-6-10(23,24)12(27,28)14(31,32)16(35,36)18(39,40)20(44,45)46/h1-7H2. The summed E-state index contributed by atoms with van der Waals surface area (Å²) in [5, 5.41) is 0. The fourth-order valence-electron chi connectivity index (χ4n) is 3.96. The summed E-state index contributed by atoms with van der Waals surface area (Å²) >= 11 is 0. The third-order valence-corrected chi connectivity index (χ3v) is 6.97. The SMILES string of the molecule is FC(F)(F)C(F)(F)C(F)(F)C(F)(F)C(F)(F)C(F)(F)CCC1(CCC(F)(F)C(F)(F)C(F)(F)C(F)(F)C(F)(F)C(F)(F)F)CCCO1.